The number of benzene rings is 2. The molecule has 8 nitrogen and oxygen atoms in total. The van der Waals surface area contributed by atoms with Crippen molar-refractivity contribution in [3.63, 3.8) is 0 Å². The lowest BCUT2D eigenvalue weighted by atomic mass is 10.1. The quantitative estimate of drug-likeness (QED) is 0.407. The summed E-state index contributed by atoms with van der Waals surface area (Å²) in [4.78, 5) is 22.6. The zero-order valence-electron chi connectivity index (χ0n) is 15.7. The zero-order valence-corrected chi connectivity index (χ0v) is 17.3. The molecule has 0 saturated heterocycles. The third kappa shape index (κ3) is 5.64. The van der Waals surface area contributed by atoms with Crippen molar-refractivity contribution in [1.82, 2.24) is 15.1 Å². The van der Waals surface area contributed by atoms with Gasteiger partial charge in [0.05, 0.1) is 23.4 Å². The van der Waals surface area contributed by atoms with E-state index in [4.69, 9.17) is 4.74 Å². The number of rotatable bonds is 8. The summed E-state index contributed by atoms with van der Waals surface area (Å²) in [7, 11) is 0. The number of carbonyl (C=O) groups excluding carboxylic acids is 1. The van der Waals surface area contributed by atoms with Gasteiger partial charge in [-0.3, -0.25) is 4.79 Å². The summed E-state index contributed by atoms with van der Waals surface area (Å²) in [6, 6.07) is 16.1. The third-order valence-corrected chi connectivity index (χ3v) is 4.70. The SMILES string of the molecule is Cc1cc([N+](=O)[O-])nn1CCNC(=O)c1cccc(COc2ccc(Br)cc2)c1. The predicted octanol–water partition coefficient (Wildman–Crippen LogP) is 3.87. The van der Waals surface area contributed by atoms with Gasteiger partial charge in [0.25, 0.3) is 5.91 Å². The molecule has 1 amide bonds. The first kappa shape index (κ1) is 20.5. The lowest BCUT2D eigenvalue weighted by Crippen LogP contribution is -2.27. The summed E-state index contributed by atoms with van der Waals surface area (Å²) in [6.45, 7) is 2.73. The second kappa shape index (κ2) is 9.33. The Bertz CT molecular complexity index is 1020. The van der Waals surface area contributed by atoms with Crippen molar-refractivity contribution in [3.8, 4) is 5.75 Å². The van der Waals surface area contributed by atoms with Crippen molar-refractivity contribution in [2.45, 2.75) is 20.1 Å². The number of carbonyl (C=O) groups is 1. The summed E-state index contributed by atoms with van der Waals surface area (Å²) in [5, 5.41) is 17.5. The van der Waals surface area contributed by atoms with E-state index in [1.165, 1.54) is 10.7 Å². The summed E-state index contributed by atoms with van der Waals surface area (Å²) in [5.74, 6) is 0.314. The summed E-state index contributed by atoms with van der Waals surface area (Å²) >= 11 is 3.38. The minimum absolute atomic E-state index is 0.202. The topological polar surface area (TPSA) is 99.3 Å². The van der Waals surface area contributed by atoms with Gasteiger partial charge in [0, 0.05) is 16.6 Å². The summed E-state index contributed by atoms with van der Waals surface area (Å²) < 4.78 is 8.21. The number of aryl methyl sites for hydroxylation is 1. The number of ether oxygens (including phenoxy) is 1. The lowest BCUT2D eigenvalue weighted by molar-refractivity contribution is -0.389. The second-order valence-corrected chi connectivity index (χ2v) is 7.24. The fourth-order valence-corrected chi connectivity index (χ4v) is 2.95. The van der Waals surface area contributed by atoms with Gasteiger partial charge in [-0.1, -0.05) is 28.1 Å². The fraction of sp³-hybridized carbons (Fsp3) is 0.200. The van der Waals surface area contributed by atoms with Crippen LogP contribution in [0, 0.1) is 17.0 Å². The van der Waals surface area contributed by atoms with E-state index < -0.39 is 4.92 Å². The highest BCUT2D eigenvalue weighted by atomic mass is 79.9. The molecule has 1 heterocycles. The minimum atomic E-state index is -0.538. The van der Waals surface area contributed by atoms with E-state index in [0.29, 0.717) is 31.0 Å². The molecule has 0 atom stereocenters. The number of nitrogens with one attached hydrogen (secondary N) is 1. The van der Waals surface area contributed by atoms with Gasteiger partial charge in [0.1, 0.15) is 12.4 Å². The normalized spacial score (nSPS) is 10.6. The number of amides is 1. The average molecular weight is 459 g/mol. The van der Waals surface area contributed by atoms with Crippen LogP contribution in [0.1, 0.15) is 21.6 Å². The van der Waals surface area contributed by atoms with Crippen molar-refractivity contribution in [3.05, 3.63) is 86.0 Å². The molecule has 0 aliphatic carbocycles. The van der Waals surface area contributed by atoms with Gasteiger partial charge >= 0.3 is 5.82 Å². The maximum Gasteiger partial charge on any atom is 0.390 e. The molecule has 2 aromatic carbocycles. The number of nitrogens with zero attached hydrogens (tertiary/aromatic N) is 3. The number of hydrogen-bond donors (Lipinski definition) is 1. The largest absolute Gasteiger partial charge is 0.489 e. The molecule has 0 fully saturated rings. The van der Waals surface area contributed by atoms with Gasteiger partial charge in [-0.2, -0.15) is 4.68 Å². The van der Waals surface area contributed by atoms with Crippen LogP contribution < -0.4 is 10.1 Å². The van der Waals surface area contributed by atoms with E-state index in [9.17, 15) is 14.9 Å². The van der Waals surface area contributed by atoms with Crippen LogP contribution in [0.2, 0.25) is 0 Å². The Labute approximate surface area is 175 Å². The van der Waals surface area contributed by atoms with E-state index in [1.807, 2.05) is 30.3 Å². The molecule has 3 rings (SSSR count). The molecule has 1 N–H and O–H groups in total. The van der Waals surface area contributed by atoms with Crippen LogP contribution in [0.4, 0.5) is 5.82 Å². The van der Waals surface area contributed by atoms with Crippen molar-refractivity contribution in [1.29, 1.82) is 0 Å². The minimum Gasteiger partial charge on any atom is -0.489 e. The smallest absolute Gasteiger partial charge is 0.390 e. The van der Waals surface area contributed by atoms with Crippen LogP contribution in [0.3, 0.4) is 0 Å². The molecule has 0 saturated carbocycles. The van der Waals surface area contributed by atoms with Gasteiger partial charge in [-0.05, 0) is 53.8 Å². The van der Waals surface area contributed by atoms with E-state index in [0.717, 1.165) is 15.8 Å². The molecular formula is C20H19BrN4O4. The Balaban J connectivity index is 1.53. The van der Waals surface area contributed by atoms with Gasteiger partial charge in [-0.25, -0.2) is 0 Å². The van der Waals surface area contributed by atoms with Crippen LogP contribution in [-0.4, -0.2) is 27.2 Å². The summed E-state index contributed by atoms with van der Waals surface area (Å²) in [5.41, 5.74) is 2.06. The van der Waals surface area contributed by atoms with Crippen LogP contribution in [0.25, 0.3) is 0 Å². The average Bonchev–Trinajstić information content (AvgIpc) is 3.09. The Morgan fingerprint density at radius 1 is 1.24 bits per heavy atom. The highest BCUT2D eigenvalue weighted by Crippen LogP contribution is 2.18. The van der Waals surface area contributed by atoms with Crippen molar-refractivity contribution in [2.75, 3.05) is 6.54 Å². The number of nitro groups is 1. The van der Waals surface area contributed by atoms with Crippen LogP contribution in [0.5, 0.6) is 5.75 Å². The first-order chi connectivity index (χ1) is 13.9. The Morgan fingerprint density at radius 3 is 2.69 bits per heavy atom. The van der Waals surface area contributed by atoms with Crippen LogP contribution in [-0.2, 0) is 13.2 Å². The fourth-order valence-electron chi connectivity index (χ4n) is 2.69. The third-order valence-electron chi connectivity index (χ3n) is 4.17. The van der Waals surface area contributed by atoms with Gasteiger partial charge < -0.3 is 20.2 Å². The van der Waals surface area contributed by atoms with Gasteiger partial charge in [0.15, 0.2) is 0 Å². The zero-order chi connectivity index (χ0) is 20.8. The maximum absolute atomic E-state index is 12.4. The Hall–Kier alpha value is -3.20. The van der Waals surface area contributed by atoms with Gasteiger partial charge in [0.2, 0.25) is 0 Å². The van der Waals surface area contributed by atoms with Crippen molar-refractivity contribution < 1.29 is 14.5 Å². The van der Waals surface area contributed by atoms with E-state index in [1.54, 1.807) is 25.1 Å². The molecule has 0 aliphatic rings. The molecule has 0 spiro atoms. The van der Waals surface area contributed by atoms with Crippen molar-refractivity contribution in [2.24, 2.45) is 0 Å². The molecule has 3 aromatic rings. The molecule has 29 heavy (non-hydrogen) atoms. The highest BCUT2D eigenvalue weighted by Gasteiger charge is 2.15. The molecule has 1 aromatic heterocycles. The standard InChI is InChI=1S/C20H19BrN4O4/c1-14-11-19(25(27)28)23-24(14)10-9-22-20(26)16-4-2-3-15(12-16)13-29-18-7-5-17(21)6-8-18/h2-8,11-12H,9-10,13H2,1H3,(H,22,26). The first-order valence-electron chi connectivity index (χ1n) is 8.87. The van der Waals surface area contributed by atoms with E-state index in [-0.39, 0.29) is 11.7 Å². The van der Waals surface area contributed by atoms with Crippen LogP contribution >= 0.6 is 15.9 Å². The molecule has 9 heteroatoms. The lowest BCUT2D eigenvalue weighted by Gasteiger charge is -2.09. The van der Waals surface area contributed by atoms with E-state index in [2.05, 4.69) is 26.3 Å². The molecule has 0 bridgehead atoms. The maximum atomic E-state index is 12.4. The number of hydrogen-bond acceptors (Lipinski definition) is 5. The summed E-state index contributed by atoms with van der Waals surface area (Å²) in [6.07, 6.45) is 0. The Morgan fingerprint density at radius 2 is 2.00 bits per heavy atom. The molecule has 0 aliphatic heterocycles. The monoisotopic (exact) mass is 458 g/mol. The number of halogens is 1. The van der Waals surface area contributed by atoms with E-state index >= 15 is 0 Å². The molecule has 0 radical (unpaired) electrons. The molecule has 0 unspecified atom stereocenters. The molecular weight excluding hydrogens is 440 g/mol. The second-order valence-electron chi connectivity index (χ2n) is 6.32. The number of aromatic nitrogens is 2. The first-order valence-corrected chi connectivity index (χ1v) is 9.66. The molecule has 150 valence electrons. The highest BCUT2D eigenvalue weighted by molar-refractivity contribution is 9.10. The van der Waals surface area contributed by atoms with Crippen LogP contribution in [0.15, 0.2) is 59.1 Å². The Kier molecular flexibility index (Phi) is 6.61. The van der Waals surface area contributed by atoms with Crippen molar-refractivity contribution >= 4 is 27.7 Å². The van der Waals surface area contributed by atoms with Gasteiger partial charge in [-0.15, -0.1) is 0 Å². The predicted molar refractivity (Wildman–Crippen MR) is 111 cm³/mol.